The Kier molecular flexibility index (Phi) is 5.52. The van der Waals surface area contributed by atoms with Gasteiger partial charge in [0, 0.05) is 30.3 Å². The Balaban J connectivity index is 1.66. The maximum Gasteiger partial charge on any atom is 0.253 e. The number of nitrogens with zero attached hydrogens (tertiary/aromatic N) is 1. The molecule has 3 heteroatoms. The summed E-state index contributed by atoms with van der Waals surface area (Å²) < 4.78 is 0. The van der Waals surface area contributed by atoms with E-state index in [-0.39, 0.29) is 5.91 Å². The van der Waals surface area contributed by atoms with E-state index in [1.165, 1.54) is 11.1 Å². The average molecular weight is 375 g/mol. The highest BCUT2D eigenvalue weighted by Gasteiger charge is 2.38. The fourth-order valence-corrected chi connectivity index (χ4v) is 4.76. The fourth-order valence-electron chi connectivity index (χ4n) is 4.76. The Hall–Kier alpha value is -2.55. The van der Waals surface area contributed by atoms with Gasteiger partial charge >= 0.3 is 0 Å². The third-order valence-corrected chi connectivity index (χ3v) is 6.04. The average Bonchev–Trinajstić information content (AvgIpc) is 3.23. The summed E-state index contributed by atoms with van der Waals surface area (Å²) in [6, 6.07) is 17.3. The first-order valence-corrected chi connectivity index (χ1v) is 10.6. The quantitative estimate of drug-likeness (QED) is 0.651. The van der Waals surface area contributed by atoms with Crippen molar-refractivity contribution in [1.29, 1.82) is 0 Å². The highest BCUT2D eigenvalue weighted by molar-refractivity contribution is 5.95. The van der Waals surface area contributed by atoms with Crippen molar-refractivity contribution in [1.82, 2.24) is 4.90 Å². The fraction of sp³-hybridized carbons (Fsp3) is 0.400. The summed E-state index contributed by atoms with van der Waals surface area (Å²) in [5.74, 6) is 1.04. The van der Waals surface area contributed by atoms with Gasteiger partial charge in [-0.25, -0.2) is 0 Å². The standard InChI is InChI=1S/C25H30N2O/c1-3-15-27(16-4-2)25(28)19-13-14-23-22(17-19)20-11-8-12-21(20)24(26-23)18-9-6-5-7-10-18/h5-11,13-14,17,20-21,24,26H,3-4,12,15-16H2,1-2H3. The lowest BCUT2D eigenvalue weighted by molar-refractivity contribution is 0.0755. The van der Waals surface area contributed by atoms with Gasteiger partial charge in [0.05, 0.1) is 6.04 Å². The van der Waals surface area contributed by atoms with Crippen LogP contribution < -0.4 is 5.32 Å². The molecule has 1 amide bonds. The van der Waals surface area contributed by atoms with Gasteiger partial charge in [0.25, 0.3) is 5.91 Å². The first-order valence-electron chi connectivity index (χ1n) is 10.6. The molecule has 3 nitrogen and oxygen atoms in total. The van der Waals surface area contributed by atoms with Crippen LogP contribution >= 0.6 is 0 Å². The molecular weight excluding hydrogens is 344 g/mol. The molecule has 0 aromatic heterocycles. The van der Waals surface area contributed by atoms with Crippen LogP contribution in [0.3, 0.4) is 0 Å². The molecule has 0 fully saturated rings. The van der Waals surface area contributed by atoms with Crippen molar-refractivity contribution in [3.8, 4) is 0 Å². The van der Waals surface area contributed by atoms with E-state index >= 15 is 0 Å². The molecule has 0 radical (unpaired) electrons. The van der Waals surface area contributed by atoms with Crippen molar-refractivity contribution in [2.24, 2.45) is 5.92 Å². The summed E-state index contributed by atoms with van der Waals surface area (Å²) >= 11 is 0. The van der Waals surface area contributed by atoms with Gasteiger partial charge in [0.2, 0.25) is 0 Å². The van der Waals surface area contributed by atoms with Crippen LogP contribution in [-0.4, -0.2) is 23.9 Å². The third kappa shape index (κ3) is 3.46. The molecule has 2 aliphatic rings. The van der Waals surface area contributed by atoms with Crippen LogP contribution in [0.4, 0.5) is 5.69 Å². The van der Waals surface area contributed by atoms with Crippen molar-refractivity contribution in [2.45, 2.75) is 45.1 Å². The molecule has 3 atom stereocenters. The lowest BCUT2D eigenvalue weighted by Gasteiger charge is -2.38. The first kappa shape index (κ1) is 18.8. The van der Waals surface area contributed by atoms with E-state index in [2.05, 4.69) is 73.8 Å². The number of benzene rings is 2. The molecule has 1 N–H and O–H groups in total. The van der Waals surface area contributed by atoms with Gasteiger partial charge in [-0.2, -0.15) is 0 Å². The largest absolute Gasteiger partial charge is 0.378 e. The smallest absolute Gasteiger partial charge is 0.253 e. The second-order valence-electron chi connectivity index (χ2n) is 7.98. The Morgan fingerprint density at radius 1 is 1.07 bits per heavy atom. The summed E-state index contributed by atoms with van der Waals surface area (Å²) in [6.45, 7) is 5.91. The van der Waals surface area contributed by atoms with Crippen LogP contribution in [-0.2, 0) is 0 Å². The Morgan fingerprint density at radius 3 is 2.54 bits per heavy atom. The van der Waals surface area contributed by atoms with Gasteiger partial charge in [-0.1, -0.05) is 56.3 Å². The highest BCUT2D eigenvalue weighted by atomic mass is 16.2. The van der Waals surface area contributed by atoms with Crippen LogP contribution in [0.5, 0.6) is 0 Å². The van der Waals surface area contributed by atoms with Crippen molar-refractivity contribution < 1.29 is 4.79 Å². The maximum atomic E-state index is 13.1. The second-order valence-corrected chi connectivity index (χ2v) is 7.98. The van der Waals surface area contributed by atoms with Crippen molar-refractivity contribution in [3.05, 3.63) is 77.4 Å². The van der Waals surface area contributed by atoms with Crippen molar-refractivity contribution in [2.75, 3.05) is 18.4 Å². The SMILES string of the molecule is CCCN(CCC)C(=O)c1ccc2c(c1)C1C=CCC1C(c1ccccc1)N2. The van der Waals surface area contributed by atoms with E-state index in [1.807, 2.05) is 11.0 Å². The zero-order valence-corrected chi connectivity index (χ0v) is 16.9. The summed E-state index contributed by atoms with van der Waals surface area (Å²) in [4.78, 5) is 15.1. The molecule has 3 unspecified atom stereocenters. The minimum Gasteiger partial charge on any atom is -0.378 e. The molecule has 4 rings (SSSR count). The van der Waals surface area contributed by atoms with Gasteiger partial charge in [0.1, 0.15) is 0 Å². The number of fused-ring (bicyclic) bond motifs is 3. The van der Waals surface area contributed by atoms with Crippen molar-refractivity contribution >= 4 is 11.6 Å². The number of carbonyl (C=O) groups excluding carboxylic acids is 1. The molecule has 0 saturated heterocycles. The summed E-state index contributed by atoms with van der Waals surface area (Å²) in [6.07, 6.45) is 7.70. The number of amides is 1. The topological polar surface area (TPSA) is 32.3 Å². The number of carbonyl (C=O) groups is 1. The molecule has 0 saturated carbocycles. The van der Waals surface area contributed by atoms with Gasteiger partial charge in [-0.3, -0.25) is 4.79 Å². The van der Waals surface area contributed by atoms with Gasteiger partial charge in [-0.15, -0.1) is 0 Å². The first-order chi connectivity index (χ1) is 13.7. The van der Waals surface area contributed by atoms with Crippen LogP contribution in [0, 0.1) is 5.92 Å². The molecule has 2 aromatic carbocycles. The van der Waals surface area contributed by atoms with E-state index in [0.717, 1.165) is 43.6 Å². The molecule has 1 aliphatic carbocycles. The lowest BCUT2D eigenvalue weighted by Crippen LogP contribution is -2.33. The maximum absolute atomic E-state index is 13.1. The predicted molar refractivity (Wildman–Crippen MR) is 116 cm³/mol. The summed E-state index contributed by atoms with van der Waals surface area (Å²) in [5.41, 5.74) is 4.59. The van der Waals surface area contributed by atoms with Crippen molar-refractivity contribution in [3.63, 3.8) is 0 Å². The molecule has 1 heterocycles. The van der Waals surface area contributed by atoms with Gasteiger partial charge in [0.15, 0.2) is 0 Å². The van der Waals surface area contributed by atoms with Gasteiger partial charge < -0.3 is 10.2 Å². The summed E-state index contributed by atoms with van der Waals surface area (Å²) in [5, 5.41) is 3.77. The van der Waals surface area contributed by atoms with Gasteiger partial charge in [-0.05, 0) is 54.5 Å². The number of hydrogen-bond acceptors (Lipinski definition) is 2. The molecule has 2 aromatic rings. The normalized spacial score (nSPS) is 22.3. The Labute approximate surface area is 168 Å². The highest BCUT2D eigenvalue weighted by Crippen LogP contribution is 2.49. The van der Waals surface area contributed by atoms with E-state index in [9.17, 15) is 4.79 Å². The Bertz CT molecular complexity index is 852. The minimum absolute atomic E-state index is 0.162. The monoisotopic (exact) mass is 374 g/mol. The number of hydrogen-bond donors (Lipinski definition) is 1. The van der Waals surface area contributed by atoms with E-state index in [0.29, 0.717) is 17.9 Å². The number of nitrogens with one attached hydrogen (secondary N) is 1. The molecular formula is C25H30N2O. The minimum atomic E-state index is 0.162. The van der Waals surface area contributed by atoms with Crippen LogP contribution in [0.15, 0.2) is 60.7 Å². The summed E-state index contributed by atoms with van der Waals surface area (Å²) in [7, 11) is 0. The third-order valence-electron chi connectivity index (χ3n) is 6.04. The zero-order chi connectivity index (χ0) is 19.5. The van der Waals surface area contributed by atoms with Crippen LogP contribution in [0.2, 0.25) is 0 Å². The van der Waals surface area contributed by atoms with E-state index < -0.39 is 0 Å². The van der Waals surface area contributed by atoms with E-state index in [4.69, 9.17) is 0 Å². The number of allylic oxidation sites excluding steroid dienone is 2. The van der Waals surface area contributed by atoms with E-state index in [1.54, 1.807) is 0 Å². The molecule has 0 bridgehead atoms. The van der Waals surface area contributed by atoms with Crippen LogP contribution in [0.25, 0.3) is 0 Å². The number of rotatable bonds is 6. The zero-order valence-electron chi connectivity index (χ0n) is 16.9. The van der Waals surface area contributed by atoms with Crippen LogP contribution in [0.1, 0.15) is 66.6 Å². The molecule has 146 valence electrons. The molecule has 0 spiro atoms. The molecule has 1 aliphatic heterocycles. The second kappa shape index (κ2) is 8.22. The molecule has 28 heavy (non-hydrogen) atoms. The number of anilines is 1. The lowest BCUT2D eigenvalue weighted by atomic mass is 9.76. The predicted octanol–water partition coefficient (Wildman–Crippen LogP) is 5.78. The Morgan fingerprint density at radius 2 is 1.82 bits per heavy atom.